The van der Waals surface area contributed by atoms with Crippen LogP contribution in [0.5, 0.6) is 0 Å². The number of aromatic nitrogens is 4. The third kappa shape index (κ3) is 4.52. The van der Waals surface area contributed by atoms with Crippen LogP contribution in [0.2, 0.25) is 0 Å². The Morgan fingerprint density at radius 2 is 1.93 bits per heavy atom. The van der Waals surface area contributed by atoms with Gasteiger partial charge < -0.3 is 15.0 Å². The van der Waals surface area contributed by atoms with Crippen LogP contribution in [0.25, 0.3) is 22.6 Å². The van der Waals surface area contributed by atoms with E-state index in [9.17, 15) is 4.39 Å². The van der Waals surface area contributed by atoms with E-state index in [1.54, 1.807) is 24.7 Å². The van der Waals surface area contributed by atoms with E-state index in [2.05, 4.69) is 30.2 Å². The van der Waals surface area contributed by atoms with Crippen LogP contribution < -0.4 is 5.32 Å². The van der Waals surface area contributed by atoms with Gasteiger partial charge in [0, 0.05) is 31.4 Å². The zero-order valence-electron chi connectivity index (χ0n) is 15.6. The lowest BCUT2D eigenvalue weighted by Gasteiger charge is -2.26. The Bertz CT molecular complexity index is 892. The Kier molecular flexibility index (Phi) is 5.89. The number of nitrogens with zero attached hydrogens (tertiary/aromatic N) is 4. The first-order valence-electron chi connectivity index (χ1n) is 9.46. The van der Waals surface area contributed by atoms with Crippen LogP contribution in [-0.2, 0) is 4.74 Å². The fraction of sp³-hybridized carbons (Fsp3) is 0.350. The second kappa shape index (κ2) is 8.90. The molecule has 0 amide bonds. The highest BCUT2D eigenvalue weighted by Crippen LogP contribution is 2.28. The van der Waals surface area contributed by atoms with Crippen molar-refractivity contribution in [2.75, 3.05) is 44.7 Å². The van der Waals surface area contributed by atoms with Crippen molar-refractivity contribution in [1.82, 2.24) is 24.8 Å². The van der Waals surface area contributed by atoms with Crippen molar-refractivity contribution in [3.8, 4) is 22.6 Å². The van der Waals surface area contributed by atoms with Crippen LogP contribution in [0, 0.1) is 5.82 Å². The molecule has 7 nitrogen and oxygen atoms in total. The van der Waals surface area contributed by atoms with Gasteiger partial charge in [-0.25, -0.2) is 19.3 Å². The van der Waals surface area contributed by atoms with E-state index in [0.29, 0.717) is 5.95 Å². The summed E-state index contributed by atoms with van der Waals surface area (Å²) in [5, 5.41) is 3.29. The van der Waals surface area contributed by atoms with Gasteiger partial charge in [0.1, 0.15) is 5.82 Å². The summed E-state index contributed by atoms with van der Waals surface area (Å²) in [5.74, 6) is 0.311. The van der Waals surface area contributed by atoms with Gasteiger partial charge in [0.05, 0.1) is 36.6 Å². The second-order valence-corrected chi connectivity index (χ2v) is 6.63. The number of H-pyrrole nitrogens is 1. The average molecular weight is 382 g/mol. The summed E-state index contributed by atoms with van der Waals surface area (Å²) in [6.45, 7) is 5.47. The minimum atomic E-state index is -0.272. The minimum Gasteiger partial charge on any atom is -0.379 e. The van der Waals surface area contributed by atoms with Crippen LogP contribution in [0.3, 0.4) is 0 Å². The van der Waals surface area contributed by atoms with E-state index in [4.69, 9.17) is 4.74 Å². The summed E-state index contributed by atoms with van der Waals surface area (Å²) in [5.41, 5.74) is 3.08. The van der Waals surface area contributed by atoms with E-state index in [1.165, 1.54) is 12.1 Å². The van der Waals surface area contributed by atoms with Gasteiger partial charge in [-0.15, -0.1) is 0 Å². The Balaban J connectivity index is 1.40. The van der Waals surface area contributed by atoms with Gasteiger partial charge >= 0.3 is 0 Å². The third-order valence-electron chi connectivity index (χ3n) is 4.71. The summed E-state index contributed by atoms with van der Waals surface area (Å²) in [6, 6.07) is 8.10. The maximum Gasteiger partial charge on any atom is 0.223 e. The first-order valence-corrected chi connectivity index (χ1v) is 9.46. The van der Waals surface area contributed by atoms with E-state index < -0.39 is 0 Å². The first kappa shape index (κ1) is 18.5. The summed E-state index contributed by atoms with van der Waals surface area (Å²) in [7, 11) is 0. The number of halogens is 1. The quantitative estimate of drug-likeness (QED) is 0.612. The molecule has 1 aliphatic heterocycles. The van der Waals surface area contributed by atoms with E-state index in [0.717, 1.165) is 68.5 Å². The van der Waals surface area contributed by atoms with Crippen molar-refractivity contribution in [3.05, 3.63) is 48.7 Å². The fourth-order valence-corrected chi connectivity index (χ4v) is 3.23. The average Bonchev–Trinajstić information content (AvgIpc) is 3.23. The number of anilines is 1. The summed E-state index contributed by atoms with van der Waals surface area (Å²) < 4.78 is 18.6. The first-order chi connectivity index (χ1) is 13.8. The van der Waals surface area contributed by atoms with Crippen molar-refractivity contribution >= 4 is 5.95 Å². The topological polar surface area (TPSA) is 79.0 Å². The number of hydrogen-bond acceptors (Lipinski definition) is 6. The van der Waals surface area contributed by atoms with Gasteiger partial charge in [-0.3, -0.25) is 4.90 Å². The molecular weight excluding hydrogens is 359 g/mol. The molecule has 0 aliphatic carbocycles. The van der Waals surface area contributed by atoms with Crippen LogP contribution in [0.1, 0.15) is 6.42 Å². The molecular formula is C20H23FN6O. The molecule has 1 aliphatic rings. The standard InChI is InChI=1S/C20H23FN6O/c21-16-4-2-15(3-5-16)18-19(25-14-24-18)17-6-8-23-20(26-17)22-7-1-9-27-10-12-28-13-11-27/h2-6,8,14H,1,7,9-13H2,(H,24,25)(H,22,23,26). The van der Waals surface area contributed by atoms with Gasteiger partial charge in [0.25, 0.3) is 0 Å². The van der Waals surface area contributed by atoms with Crippen LogP contribution in [-0.4, -0.2) is 64.2 Å². The van der Waals surface area contributed by atoms with Gasteiger partial charge in [-0.05, 0) is 43.3 Å². The number of imidazole rings is 1. The number of nitrogens with one attached hydrogen (secondary N) is 2. The van der Waals surface area contributed by atoms with Crippen LogP contribution in [0.4, 0.5) is 10.3 Å². The Morgan fingerprint density at radius 1 is 1.11 bits per heavy atom. The molecule has 0 saturated carbocycles. The number of aromatic amines is 1. The molecule has 146 valence electrons. The van der Waals surface area contributed by atoms with Crippen LogP contribution in [0.15, 0.2) is 42.9 Å². The largest absolute Gasteiger partial charge is 0.379 e. The maximum absolute atomic E-state index is 13.2. The summed E-state index contributed by atoms with van der Waals surface area (Å²) in [4.78, 5) is 18.8. The van der Waals surface area contributed by atoms with Crippen molar-refractivity contribution in [2.24, 2.45) is 0 Å². The lowest BCUT2D eigenvalue weighted by atomic mass is 10.1. The molecule has 0 radical (unpaired) electrons. The molecule has 4 rings (SSSR count). The number of benzene rings is 1. The van der Waals surface area contributed by atoms with Gasteiger partial charge in [0.2, 0.25) is 5.95 Å². The molecule has 1 saturated heterocycles. The highest BCUT2D eigenvalue weighted by Gasteiger charge is 2.13. The molecule has 0 unspecified atom stereocenters. The molecule has 2 N–H and O–H groups in total. The predicted octanol–water partition coefficient (Wildman–Crippen LogP) is 2.81. The molecule has 28 heavy (non-hydrogen) atoms. The maximum atomic E-state index is 13.2. The molecule has 8 heteroatoms. The predicted molar refractivity (Wildman–Crippen MR) is 105 cm³/mol. The zero-order chi connectivity index (χ0) is 19.2. The van der Waals surface area contributed by atoms with Gasteiger partial charge in [0.15, 0.2) is 0 Å². The molecule has 0 bridgehead atoms. The zero-order valence-corrected chi connectivity index (χ0v) is 15.6. The monoisotopic (exact) mass is 382 g/mol. The number of rotatable bonds is 7. The SMILES string of the molecule is Fc1ccc(-c2nc[nH]c2-c2ccnc(NCCCN3CCOCC3)n2)cc1. The fourth-order valence-electron chi connectivity index (χ4n) is 3.23. The molecule has 3 aromatic rings. The Labute approximate surface area is 163 Å². The Morgan fingerprint density at radius 3 is 2.75 bits per heavy atom. The lowest BCUT2D eigenvalue weighted by molar-refractivity contribution is 0.0378. The summed E-state index contributed by atoms with van der Waals surface area (Å²) >= 11 is 0. The third-order valence-corrected chi connectivity index (χ3v) is 4.71. The number of morpholine rings is 1. The molecule has 0 spiro atoms. The van der Waals surface area contributed by atoms with Crippen molar-refractivity contribution in [3.63, 3.8) is 0 Å². The molecule has 2 aromatic heterocycles. The molecule has 1 aromatic carbocycles. The van der Waals surface area contributed by atoms with Crippen LogP contribution >= 0.6 is 0 Å². The van der Waals surface area contributed by atoms with Gasteiger partial charge in [-0.2, -0.15) is 0 Å². The molecule has 1 fully saturated rings. The highest BCUT2D eigenvalue weighted by molar-refractivity contribution is 5.76. The van der Waals surface area contributed by atoms with E-state index in [-0.39, 0.29) is 5.82 Å². The molecule has 0 atom stereocenters. The second-order valence-electron chi connectivity index (χ2n) is 6.63. The lowest BCUT2D eigenvalue weighted by Crippen LogP contribution is -2.37. The highest BCUT2D eigenvalue weighted by atomic mass is 19.1. The van der Waals surface area contributed by atoms with Crippen molar-refractivity contribution < 1.29 is 9.13 Å². The van der Waals surface area contributed by atoms with Gasteiger partial charge in [-0.1, -0.05) is 0 Å². The normalized spacial score (nSPS) is 14.9. The minimum absolute atomic E-state index is 0.272. The number of ether oxygens (including phenoxy) is 1. The molecule has 3 heterocycles. The Hall–Kier alpha value is -2.84. The number of hydrogen-bond donors (Lipinski definition) is 2. The van der Waals surface area contributed by atoms with E-state index in [1.807, 2.05) is 6.07 Å². The van der Waals surface area contributed by atoms with Crippen molar-refractivity contribution in [2.45, 2.75) is 6.42 Å². The smallest absolute Gasteiger partial charge is 0.223 e. The summed E-state index contributed by atoms with van der Waals surface area (Å²) in [6.07, 6.45) is 4.35. The van der Waals surface area contributed by atoms with E-state index >= 15 is 0 Å². The van der Waals surface area contributed by atoms with Crippen molar-refractivity contribution in [1.29, 1.82) is 0 Å².